The van der Waals surface area contributed by atoms with Gasteiger partial charge in [-0.1, -0.05) is 42.4 Å². The molecule has 2 aromatic heterocycles. The summed E-state index contributed by atoms with van der Waals surface area (Å²) in [6.45, 7) is 3.61. The molecule has 0 saturated carbocycles. The lowest BCUT2D eigenvalue weighted by Crippen LogP contribution is -2.14. The Hall–Kier alpha value is -3.22. The summed E-state index contributed by atoms with van der Waals surface area (Å²) in [5.74, 6) is 0. The Morgan fingerprint density at radius 2 is 2.04 bits per heavy atom. The second kappa shape index (κ2) is 6.49. The van der Waals surface area contributed by atoms with Crippen LogP contribution in [0.3, 0.4) is 0 Å². The summed E-state index contributed by atoms with van der Waals surface area (Å²) in [5.41, 5.74) is 0.995. The largest absolute Gasteiger partial charge is 0.403 e. The molecule has 0 aliphatic carbocycles. The summed E-state index contributed by atoms with van der Waals surface area (Å²) in [6.07, 6.45) is 0.512. The summed E-state index contributed by atoms with van der Waals surface area (Å²) >= 11 is 0. The highest BCUT2D eigenvalue weighted by atomic mass is 16.6. The molecular formula is C17H15N3O4. The van der Waals surface area contributed by atoms with Crippen LogP contribution in [-0.4, -0.2) is 15.7 Å². The zero-order chi connectivity index (χ0) is 17.1. The van der Waals surface area contributed by atoms with Gasteiger partial charge >= 0.3 is 11.6 Å². The maximum absolute atomic E-state index is 12.2. The average Bonchev–Trinajstić information content (AvgIpc) is 2.59. The molecular weight excluding hydrogens is 310 g/mol. The molecule has 2 heterocycles. The van der Waals surface area contributed by atoms with Crippen LogP contribution in [0, 0.1) is 0 Å². The molecule has 0 atom stereocenters. The van der Waals surface area contributed by atoms with E-state index in [0.29, 0.717) is 17.7 Å². The SMILES string of the molecule is CCc1cc(=O)oc2nc(ON=C(C)c3ccccc3)[nH]c(=O)c12. The molecule has 0 radical (unpaired) electrons. The molecule has 7 nitrogen and oxygen atoms in total. The van der Waals surface area contributed by atoms with Gasteiger partial charge in [-0.3, -0.25) is 9.78 Å². The van der Waals surface area contributed by atoms with Crippen molar-refractivity contribution in [2.75, 3.05) is 0 Å². The summed E-state index contributed by atoms with van der Waals surface area (Å²) < 4.78 is 5.00. The Bertz CT molecular complexity index is 1020. The minimum absolute atomic E-state index is 0.0642. The highest BCUT2D eigenvalue weighted by Crippen LogP contribution is 2.13. The Kier molecular flexibility index (Phi) is 4.24. The first-order valence-electron chi connectivity index (χ1n) is 7.42. The molecule has 3 rings (SSSR count). The van der Waals surface area contributed by atoms with Crippen LogP contribution in [0.1, 0.15) is 25.0 Å². The summed E-state index contributed by atoms with van der Waals surface area (Å²) in [6, 6.07) is 10.6. The molecule has 0 saturated heterocycles. The zero-order valence-electron chi connectivity index (χ0n) is 13.2. The van der Waals surface area contributed by atoms with E-state index >= 15 is 0 Å². The van der Waals surface area contributed by atoms with Gasteiger partial charge in [-0.2, -0.15) is 4.98 Å². The number of aromatic nitrogens is 2. The normalized spacial score (nSPS) is 11.7. The summed E-state index contributed by atoms with van der Waals surface area (Å²) in [4.78, 5) is 35.5. The van der Waals surface area contributed by atoms with Crippen molar-refractivity contribution in [2.24, 2.45) is 5.16 Å². The van der Waals surface area contributed by atoms with Crippen molar-refractivity contribution in [3.8, 4) is 6.01 Å². The van der Waals surface area contributed by atoms with Crippen LogP contribution in [0.15, 0.2) is 55.6 Å². The number of oxime groups is 1. The topological polar surface area (TPSA) is 97.5 Å². The van der Waals surface area contributed by atoms with Crippen molar-refractivity contribution in [3.63, 3.8) is 0 Å². The van der Waals surface area contributed by atoms with E-state index in [2.05, 4.69) is 15.1 Å². The molecule has 0 spiro atoms. The Morgan fingerprint density at radius 1 is 1.29 bits per heavy atom. The predicted molar refractivity (Wildman–Crippen MR) is 89.6 cm³/mol. The first kappa shape index (κ1) is 15.7. The van der Waals surface area contributed by atoms with Crippen LogP contribution >= 0.6 is 0 Å². The van der Waals surface area contributed by atoms with Crippen LogP contribution < -0.4 is 16.0 Å². The van der Waals surface area contributed by atoms with Crippen LogP contribution in [0.2, 0.25) is 0 Å². The summed E-state index contributed by atoms with van der Waals surface area (Å²) in [5, 5.41) is 4.19. The van der Waals surface area contributed by atoms with Crippen molar-refractivity contribution in [1.29, 1.82) is 0 Å². The average molecular weight is 325 g/mol. The fourth-order valence-corrected chi connectivity index (χ4v) is 2.29. The number of hydrogen-bond donors (Lipinski definition) is 1. The van der Waals surface area contributed by atoms with Gasteiger partial charge in [0.05, 0.1) is 5.71 Å². The first-order chi connectivity index (χ1) is 11.6. The number of nitrogens with zero attached hydrogens (tertiary/aromatic N) is 2. The number of rotatable bonds is 4. The number of hydrogen-bond acceptors (Lipinski definition) is 6. The summed E-state index contributed by atoms with van der Waals surface area (Å²) in [7, 11) is 0. The van der Waals surface area contributed by atoms with Gasteiger partial charge in [0.2, 0.25) is 5.71 Å². The van der Waals surface area contributed by atoms with E-state index in [-0.39, 0.29) is 17.1 Å². The van der Waals surface area contributed by atoms with Crippen molar-refractivity contribution >= 4 is 16.8 Å². The van der Waals surface area contributed by atoms with Crippen molar-refractivity contribution in [2.45, 2.75) is 20.3 Å². The number of aryl methyl sites for hydroxylation is 1. The number of aromatic amines is 1. The van der Waals surface area contributed by atoms with Crippen LogP contribution in [0.4, 0.5) is 0 Å². The maximum atomic E-state index is 12.2. The third kappa shape index (κ3) is 3.10. The number of nitrogens with one attached hydrogen (secondary N) is 1. The molecule has 0 aliphatic rings. The first-order valence-corrected chi connectivity index (χ1v) is 7.42. The van der Waals surface area contributed by atoms with Crippen molar-refractivity contribution < 1.29 is 9.25 Å². The van der Waals surface area contributed by atoms with E-state index in [4.69, 9.17) is 9.25 Å². The van der Waals surface area contributed by atoms with Gasteiger partial charge in [0.25, 0.3) is 5.56 Å². The molecule has 3 aromatic rings. The van der Waals surface area contributed by atoms with E-state index in [9.17, 15) is 9.59 Å². The second-order valence-electron chi connectivity index (χ2n) is 5.13. The van der Waals surface area contributed by atoms with Gasteiger partial charge in [0.1, 0.15) is 5.39 Å². The van der Waals surface area contributed by atoms with Crippen LogP contribution in [-0.2, 0) is 6.42 Å². The maximum Gasteiger partial charge on any atom is 0.337 e. The standard InChI is InChI=1S/C17H15N3O4/c1-3-11-9-13(21)23-16-14(11)15(22)18-17(19-16)24-20-10(2)12-7-5-4-6-8-12/h4-9H,3H2,1-2H3,(H,18,19,22). The van der Waals surface area contributed by atoms with Crippen molar-refractivity contribution in [1.82, 2.24) is 9.97 Å². The van der Waals surface area contributed by atoms with Gasteiger partial charge in [-0.25, -0.2) is 4.79 Å². The predicted octanol–water partition coefficient (Wildman–Crippen LogP) is 2.24. The minimum atomic E-state index is -0.563. The molecule has 0 unspecified atom stereocenters. The highest BCUT2D eigenvalue weighted by molar-refractivity contribution is 5.98. The van der Waals surface area contributed by atoms with Gasteiger partial charge < -0.3 is 9.25 Å². The Labute approximate surface area is 136 Å². The highest BCUT2D eigenvalue weighted by Gasteiger charge is 2.12. The monoisotopic (exact) mass is 325 g/mol. The smallest absolute Gasteiger partial charge is 0.337 e. The molecule has 0 amide bonds. The third-order valence-corrected chi connectivity index (χ3v) is 3.52. The van der Waals surface area contributed by atoms with Gasteiger partial charge in [-0.15, -0.1) is 0 Å². The lowest BCUT2D eigenvalue weighted by Gasteiger charge is -2.04. The molecule has 0 bridgehead atoms. The Balaban J connectivity index is 2.00. The molecule has 0 aliphatic heterocycles. The molecule has 122 valence electrons. The molecule has 7 heteroatoms. The zero-order valence-corrected chi connectivity index (χ0v) is 13.2. The minimum Gasteiger partial charge on any atom is -0.403 e. The lowest BCUT2D eigenvalue weighted by molar-refractivity contribution is 0.311. The number of benzene rings is 1. The lowest BCUT2D eigenvalue weighted by atomic mass is 10.1. The van der Waals surface area contributed by atoms with Gasteiger partial charge in [-0.05, 0) is 24.5 Å². The van der Waals surface area contributed by atoms with Crippen LogP contribution in [0.5, 0.6) is 6.01 Å². The van der Waals surface area contributed by atoms with E-state index in [1.807, 2.05) is 37.3 Å². The molecule has 24 heavy (non-hydrogen) atoms. The van der Waals surface area contributed by atoms with E-state index in [0.717, 1.165) is 5.56 Å². The molecule has 1 N–H and O–H groups in total. The van der Waals surface area contributed by atoms with Gasteiger partial charge in [0.15, 0.2) is 0 Å². The van der Waals surface area contributed by atoms with Crippen molar-refractivity contribution in [3.05, 3.63) is 68.3 Å². The van der Waals surface area contributed by atoms with E-state index in [1.54, 1.807) is 6.92 Å². The fourth-order valence-electron chi connectivity index (χ4n) is 2.29. The van der Waals surface area contributed by atoms with E-state index in [1.165, 1.54) is 6.07 Å². The van der Waals surface area contributed by atoms with Crippen LogP contribution in [0.25, 0.3) is 11.1 Å². The quantitative estimate of drug-likeness (QED) is 0.586. The van der Waals surface area contributed by atoms with Gasteiger partial charge in [0, 0.05) is 6.07 Å². The second-order valence-corrected chi connectivity index (χ2v) is 5.13. The molecule has 1 aromatic carbocycles. The van der Waals surface area contributed by atoms with E-state index < -0.39 is 11.2 Å². The number of H-pyrrole nitrogens is 1. The Morgan fingerprint density at radius 3 is 2.75 bits per heavy atom. The number of fused-ring (bicyclic) bond motifs is 1. The fraction of sp³-hybridized carbons (Fsp3) is 0.176. The third-order valence-electron chi connectivity index (χ3n) is 3.52. The molecule has 0 fully saturated rings.